The maximum Gasteiger partial charge on any atom is 0.138 e. The maximum absolute atomic E-state index is 6.24. The van der Waals surface area contributed by atoms with Crippen LogP contribution in [0.3, 0.4) is 0 Å². The molecule has 0 saturated carbocycles. The third-order valence-corrected chi connectivity index (χ3v) is 4.18. The van der Waals surface area contributed by atoms with Gasteiger partial charge in [0.1, 0.15) is 12.4 Å². The highest BCUT2D eigenvalue weighted by atomic mass is 35.5. The van der Waals surface area contributed by atoms with Crippen molar-refractivity contribution in [2.45, 2.75) is 19.9 Å². The van der Waals surface area contributed by atoms with Gasteiger partial charge >= 0.3 is 0 Å². The number of hydrogen-bond donors (Lipinski definition) is 1. The second-order valence-electron chi connectivity index (χ2n) is 5.84. The Morgan fingerprint density at radius 2 is 2.29 bits per heavy atom. The van der Waals surface area contributed by atoms with Crippen molar-refractivity contribution in [1.82, 2.24) is 4.90 Å². The number of likely N-dealkylation sites (tertiary alicyclic amines) is 1. The van der Waals surface area contributed by atoms with Gasteiger partial charge in [-0.3, -0.25) is 4.90 Å². The molecule has 3 nitrogen and oxygen atoms in total. The van der Waals surface area contributed by atoms with Crippen molar-refractivity contribution in [3.05, 3.63) is 41.4 Å². The molecule has 0 spiro atoms. The molecule has 1 aromatic rings. The molecule has 5 heteroatoms. The molecule has 2 rings (SSSR count). The van der Waals surface area contributed by atoms with E-state index in [1.807, 2.05) is 12.1 Å². The van der Waals surface area contributed by atoms with E-state index in [1.165, 1.54) is 5.56 Å². The van der Waals surface area contributed by atoms with Crippen LogP contribution < -0.4 is 10.5 Å². The first-order valence-electron chi connectivity index (χ1n) is 7.01. The van der Waals surface area contributed by atoms with Crippen LogP contribution in [-0.2, 0) is 6.54 Å². The molecule has 2 N–H and O–H groups in total. The number of benzene rings is 1. The highest BCUT2D eigenvalue weighted by Crippen LogP contribution is 2.31. The summed E-state index contributed by atoms with van der Waals surface area (Å²) in [6.45, 7) is 10.2. The van der Waals surface area contributed by atoms with Gasteiger partial charge in [0.2, 0.25) is 0 Å². The first-order chi connectivity index (χ1) is 9.56. The Kier molecular flexibility index (Phi) is 7.01. The summed E-state index contributed by atoms with van der Waals surface area (Å²) in [6.07, 6.45) is 2.87. The lowest BCUT2D eigenvalue weighted by Gasteiger charge is -2.22. The minimum atomic E-state index is 0. The van der Waals surface area contributed by atoms with Gasteiger partial charge in [-0.05, 0) is 42.6 Å². The standard InChI is InChI=1S/C16H23ClN2O.ClH/c1-3-8-20-15-5-4-13(9-14(15)17)10-19-7-6-16(2,11-18)12-19;/h3-5,9H,1,6-8,10-12,18H2,2H3;1H. The molecule has 1 aliphatic heterocycles. The molecule has 118 valence electrons. The maximum atomic E-state index is 6.24. The average Bonchev–Trinajstić information content (AvgIpc) is 2.80. The van der Waals surface area contributed by atoms with E-state index >= 15 is 0 Å². The number of ether oxygens (including phenoxy) is 1. The van der Waals surface area contributed by atoms with Crippen LogP contribution in [0, 0.1) is 5.41 Å². The van der Waals surface area contributed by atoms with E-state index in [0.717, 1.165) is 32.6 Å². The van der Waals surface area contributed by atoms with Gasteiger partial charge in [0.05, 0.1) is 5.02 Å². The molecular weight excluding hydrogens is 307 g/mol. The summed E-state index contributed by atoms with van der Waals surface area (Å²) in [4.78, 5) is 2.43. The van der Waals surface area contributed by atoms with Crippen molar-refractivity contribution in [1.29, 1.82) is 0 Å². The van der Waals surface area contributed by atoms with Gasteiger partial charge in [-0.25, -0.2) is 0 Å². The number of nitrogens with zero attached hydrogens (tertiary/aromatic N) is 1. The van der Waals surface area contributed by atoms with Gasteiger partial charge in [-0.15, -0.1) is 12.4 Å². The number of rotatable bonds is 6. The lowest BCUT2D eigenvalue weighted by atomic mass is 9.90. The first kappa shape index (κ1) is 18.3. The Bertz CT molecular complexity index is 481. The van der Waals surface area contributed by atoms with E-state index in [0.29, 0.717) is 17.4 Å². The van der Waals surface area contributed by atoms with E-state index < -0.39 is 0 Å². The molecular formula is C16H24Cl2N2O. The zero-order valence-electron chi connectivity index (χ0n) is 12.5. The second kappa shape index (κ2) is 8.04. The van der Waals surface area contributed by atoms with Crippen LogP contribution in [0.5, 0.6) is 5.75 Å². The van der Waals surface area contributed by atoms with Crippen LogP contribution in [0.25, 0.3) is 0 Å². The van der Waals surface area contributed by atoms with Gasteiger partial charge in [-0.1, -0.05) is 37.2 Å². The molecule has 0 amide bonds. The van der Waals surface area contributed by atoms with Crippen molar-refractivity contribution in [2.24, 2.45) is 11.1 Å². The predicted octanol–water partition coefficient (Wildman–Crippen LogP) is 3.50. The summed E-state index contributed by atoms with van der Waals surface area (Å²) in [6, 6.07) is 5.99. The third kappa shape index (κ3) is 4.89. The van der Waals surface area contributed by atoms with Crippen molar-refractivity contribution in [3.8, 4) is 5.75 Å². The summed E-state index contributed by atoms with van der Waals surface area (Å²) >= 11 is 6.24. The second-order valence-corrected chi connectivity index (χ2v) is 6.25. The molecule has 1 fully saturated rings. The number of halogens is 2. The molecule has 0 aliphatic carbocycles. The van der Waals surface area contributed by atoms with Gasteiger partial charge in [0.25, 0.3) is 0 Å². The summed E-state index contributed by atoms with van der Waals surface area (Å²) in [7, 11) is 0. The largest absolute Gasteiger partial charge is 0.488 e. The highest BCUT2D eigenvalue weighted by molar-refractivity contribution is 6.32. The van der Waals surface area contributed by atoms with Crippen LogP contribution in [-0.4, -0.2) is 31.1 Å². The summed E-state index contributed by atoms with van der Waals surface area (Å²) in [5, 5.41) is 0.658. The molecule has 1 unspecified atom stereocenters. The normalized spacial score (nSPS) is 21.9. The average molecular weight is 331 g/mol. The third-order valence-electron chi connectivity index (χ3n) is 3.89. The SMILES string of the molecule is C=CCOc1ccc(CN2CCC(C)(CN)C2)cc1Cl.Cl. The summed E-state index contributed by atoms with van der Waals surface area (Å²) in [5.74, 6) is 0.712. The fourth-order valence-corrected chi connectivity index (χ4v) is 2.85. The molecule has 0 radical (unpaired) electrons. The first-order valence-corrected chi connectivity index (χ1v) is 7.39. The molecule has 1 saturated heterocycles. The van der Waals surface area contributed by atoms with E-state index in [-0.39, 0.29) is 17.8 Å². The van der Waals surface area contributed by atoms with Crippen LogP contribution in [0.4, 0.5) is 0 Å². The lowest BCUT2D eigenvalue weighted by Crippen LogP contribution is -2.31. The Balaban J connectivity index is 0.00000220. The van der Waals surface area contributed by atoms with Crippen LogP contribution in [0.15, 0.2) is 30.9 Å². The molecule has 0 bridgehead atoms. The molecule has 1 heterocycles. The summed E-state index contributed by atoms with van der Waals surface area (Å²) in [5.41, 5.74) is 7.31. The fraction of sp³-hybridized carbons (Fsp3) is 0.500. The Labute approximate surface area is 138 Å². The molecule has 0 aromatic heterocycles. The smallest absolute Gasteiger partial charge is 0.138 e. The molecule has 1 aliphatic rings. The molecule has 21 heavy (non-hydrogen) atoms. The zero-order chi connectivity index (χ0) is 14.6. The Morgan fingerprint density at radius 1 is 1.52 bits per heavy atom. The van der Waals surface area contributed by atoms with Crippen molar-refractivity contribution < 1.29 is 4.74 Å². The minimum absolute atomic E-state index is 0. The van der Waals surface area contributed by atoms with E-state index in [9.17, 15) is 0 Å². The number of hydrogen-bond acceptors (Lipinski definition) is 3. The van der Waals surface area contributed by atoms with Gasteiger partial charge < -0.3 is 10.5 Å². The van der Waals surface area contributed by atoms with Crippen LogP contribution in [0.2, 0.25) is 5.02 Å². The van der Waals surface area contributed by atoms with E-state index in [1.54, 1.807) is 6.08 Å². The summed E-state index contributed by atoms with van der Waals surface area (Å²) < 4.78 is 5.48. The molecule has 1 atom stereocenters. The number of nitrogens with two attached hydrogens (primary N) is 1. The zero-order valence-corrected chi connectivity index (χ0v) is 14.1. The minimum Gasteiger partial charge on any atom is -0.488 e. The van der Waals surface area contributed by atoms with Crippen molar-refractivity contribution in [2.75, 3.05) is 26.2 Å². The topological polar surface area (TPSA) is 38.5 Å². The Hall–Kier alpha value is -0.740. The van der Waals surface area contributed by atoms with Gasteiger partial charge in [-0.2, -0.15) is 0 Å². The Morgan fingerprint density at radius 3 is 2.86 bits per heavy atom. The quantitative estimate of drug-likeness (QED) is 0.811. The van der Waals surface area contributed by atoms with Crippen LogP contribution >= 0.6 is 24.0 Å². The predicted molar refractivity (Wildman–Crippen MR) is 91.4 cm³/mol. The van der Waals surface area contributed by atoms with Gasteiger partial charge in [0.15, 0.2) is 0 Å². The van der Waals surface area contributed by atoms with Gasteiger partial charge in [0, 0.05) is 13.1 Å². The van der Waals surface area contributed by atoms with Crippen molar-refractivity contribution >= 4 is 24.0 Å². The lowest BCUT2D eigenvalue weighted by molar-refractivity contribution is 0.274. The molecule has 1 aromatic carbocycles. The fourth-order valence-electron chi connectivity index (χ4n) is 2.59. The van der Waals surface area contributed by atoms with Crippen molar-refractivity contribution in [3.63, 3.8) is 0 Å². The van der Waals surface area contributed by atoms with Crippen LogP contribution in [0.1, 0.15) is 18.9 Å². The van der Waals surface area contributed by atoms with E-state index in [4.69, 9.17) is 22.1 Å². The highest BCUT2D eigenvalue weighted by Gasteiger charge is 2.32. The van der Waals surface area contributed by atoms with E-state index in [2.05, 4.69) is 24.5 Å². The monoisotopic (exact) mass is 330 g/mol.